The molecule has 1 amide bonds. The van der Waals surface area contributed by atoms with Crippen LogP contribution in [0.2, 0.25) is 0 Å². The molecular formula is C55H79N6O38P6S5+. The van der Waals surface area contributed by atoms with Crippen molar-refractivity contribution in [2.75, 3.05) is 55.0 Å². The number of nitrogens with two attached hydrogens (primary N) is 1. The molecule has 616 valence electrons. The molecule has 7 unspecified atom stereocenters. The van der Waals surface area contributed by atoms with Crippen molar-refractivity contribution in [2.24, 2.45) is 0 Å². The summed E-state index contributed by atoms with van der Waals surface area (Å²) in [7, 11) is -61.5. The van der Waals surface area contributed by atoms with Crippen LogP contribution in [-0.4, -0.2) is 182 Å². The van der Waals surface area contributed by atoms with Crippen molar-refractivity contribution in [3.05, 3.63) is 112 Å². The van der Waals surface area contributed by atoms with Crippen LogP contribution in [0.4, 0.5) is 17.2 Å². The molecule has 0 radical (unpaired) electrons. The molecule has 1 aromatic heterocycles. The van der Waals surface area contributed by atoms with E-state index in [0.29, 0.717) is 72.1 Å². The van der Waals surface area contributed by atoms with Crippen LogP contribution < -0.4 is 21.6 Å². The number of aromatic nitrogens is 2. The summed E-state index contributed by atoms with van der Waals surface area (Å²) in [5.74, 6) is -1.89. The molecule has 7 rings (SSSR count). The van der Waals surface area contributed by atoms with Crippen LogP contribution in [-0.2, 0) is 129 Å². The van der Waals surface area contributed by atoms with Crippen molar-refractivity contribution in [1.29, 1.82) is 0 Å². The number of phosphoric acid groups is 6. The molecule has 0 aliphatic carbocycles. The highest BCUT2D eigenvalue weighted by molar-refractivity contribution is 7.87. The number of nitrogens with one attached hydrogen (secondary N) is 1. The zero-order chi connectivity index (χ0) is 82.5. The van der Waals surface area contributed by atoms with E-state index in [-0.39, 0.29) is 87.1 Å². The van der Waals surface area contributed by atoms with E-state index in [0.717, 1.165) is 22.9 Å². The second-order valence-electron chi connectivity index (χ2n) is 25.4. The number of rotatable bonds is 42. The van der Waals surface area contributed by atoms with Crippen molar-refractivity contribution in [3.8, 4) is 0 Å². The first-order valence-corrected chi connectivity index (χ1v) is 48.7. The van der Waals surface area contributed by atoms with E-state index in [2.05, 4.69) is 40.9 Å². The lowest BCUT2D eigenvalue weighted by Crippen LogP contribution is -2.30. The van der Waals surface area contributed by atoms with Gasteiger partial charge in [0.05, 0.1) is 46.0 Å². The lowest BCUT2D eigenvalue weighted by Gasteiger charge is -2.30. The Morgan fingerprint density at radius 2 is 1.24 bits per heavy atom. The summed E-state index contributed by atoms with van der Waals surface area (Å²) < 4.78 is 283. The summed E-state index contributed by atoms with van der Waals surface area (Å²) in [6.45, 7) is 3.31. The van der Waals surface area contributed by atoms with E-state index in [9.17, 15) is 136 Å². The minimum Gasteiger partial charge on any atom is -0.390 e. The number of benzene rings is 3. The molecule has 4 heterocycles. The highest BCUT2D eigenvalue weighted by Gasteiger charge is 2.51. The van der Waals surface area contributed by atoms with Gasteiger partial charge in [-0.05, 0) is 112 Å². The van der Waals surface area contributed by atoms with Gasteiger partial charge in [-0.25, -0.2) is 32.2 Å². The number of anilines is 2. The number of allylic oxidation sites excluding steroid dienone is 6. The fourth-order valence-electron chi connectivity index (χ4n) is 12.2. The molecule has 44 nitrogen and oxygen atoms in total. The highest BCUT2D eigenvalue weighted by atomic mass is 32.2. The minimum absolute atomic E-state index is 0.0176. The summed E-state index contributed by atoms with van der Waals surface area (Å²) in [4.78, 5) is 87.5. The molecule has 1 fully saturated rings. The van der Waals surface area contributed by atoms with Gasteiger partial charge in [0, 0.05) is 78.4 Å². The number of carbonyl (C=O) groups excluding carboxylic acids is 1. The Hall–Kier alpha value is -4.91. The molecule has 110 heavy (non-hydrogen) atoms. The lowest BCUT2D eigenvalue weighted by molar-refractivity contribution is -0.437. The van der Waals surface area contributed by atoms with E-state index in [1.165, 1.54) is 30.3 Å². The molecule has 15 N–H and O–H groups in total. The third-order valence-corrected chi connectivity index (χ3v) is 30.2. The summed E-state index contributed by atoms with van der Waals surface area (Å²) in [6.07, 6.45) is 6.41. The first-order valence-electron chi connectivity index (χ1n) is 32.2. The Morgan fingerprint density at radius 1 is 0.664 bits per heavy atom. The van der Waals surface area contributed by atoms with Gasteiger partial charge in [0.25, 0.3) is 50.6 Å². The number of ether oxygens (including phenoxy) is 1. The Balaban J connectivity index is 0.910. The SMILES string of the molecule is CC1(C)C(C=CC=CC=C2N(CCCS(=O)(=O)O)c3ccc(S(=O)(=O)O)cc3C2(C)CCCCCC(=O)NCCCCCCOP(=O)(O)OP(=O)(O)OP(=O)(O)OP(=O)(O)OP(=O)(O)OP(=O)(O)OC[C@H]2O[C@@H](n3ccc(N)nc3=O)C[C@@H]2O)=[N+](CCCS(=O)(=O)O)c2ccc3c(S(=O)(=O)O)cc(S(=O)(=O)O)cc3c21. The number of fused-ring (bicyclic) bond motifs is 4. The smallest absolute Gasteiger partial charge is 0.390 e. The topological polar surface area (TPSA) is 686 Å². The Morgan fingerprint density at radius 3 is 1.82 bits per heavy atom. The van der Waals surface area contributed by atoms with Crippen LogP contribution in [0.3, 0.4) is 0 Å². The highest BCUT2D eigenvalue weighted by Crippen LogP contribution is 2.75. The van der Waals surface area contributed by atoms with Crippen molar-refractivity contribution < 1.29 is 171 Å². The molecule has 3 aliphatic rings. The number of hydrogen-bond acceptors (Lipinski definition) is 30. The minimum atomic E-state index is -6.59. The van der Waals surface area contributed by atoms with Crippen LogP contribution >= 0.6 is 46.9 Å². The second kappa shape index (κ2) is 35.7. The predicted molar refractivity (Wildman–Crippen MR) is 384 cm³/mol. The van der Waals surface area contributed by atoms with Crippen molar-refractivity contribution in [1.82, 2.24) is 14.9 Å². The molecule has 4 aromatic rings. The maximum absolute atomic E-state index is 12.9. The Labute approximate surface area is 629 Å². The molecule has 0 spiro atoms. The third kappa shape index (κ3) is 26.0. The van der Waals surface area contributed by atoms with Gasteiger partial charge in [0.2, 0.25) is 11.6 Å². The summed E-state index contributed by atoms with van der Waals surface area (Å²) in [5.41, 5.74) is 4.54. The number of hydrogen-bond donors (Lipinski definition) is 14. The molecule has 10 atom stereocenters. The molecule has 0 saturated carbocycles. The molecule has 3 aromatic carbocycles. The summed E-state index contributed by atoms with van der Waals surface area (Å²) in [6, 6.07) is 9.40. The van der Waals surface area contributed by atoms with Gasteiger partial charge >= 0.3 is 52.6 Å². The average Bonchev–Trinajstić information content (AvgIpc) is 1.55. The van der Waals surface area contributed by atoms with Gasteiger partial charge < -0.3 is 55.2 Å². The van der Waals surface area contributed by atoms with Gasteiger partial charge in [-0.15, -0.1) is 0 Å². The average molecular weight is 1780 g/mol. The van der Waals surface area contributed by atoms with Gasteiger partial charge in [-0.1, -0.05) is 43.9 Å². The summed E-state index contributed by atoms with van der Waals surface area (Å²) >= 11 is 0. The molecule has 1 saturated heterocycles. The molecule has 55 heteroatoms. The Bertz CT molecular complexity index is 5300. The number of phosphoric ester groups is 2. The Kier molecular flexibility index (Phi) is 29.9. The quantitative estimate of drug-likeness (QED) is 0.00781. The first kappa shape index (κ1) is 92.3. The standard InChI is InChI=1S/C55H78N6O38P6S5/c1-54(2)47(60(27-15-31-107(80,81)82)43-22-20-39-40(52(43)54)32-38(109(86,87)88)34-46(39)110(89,90)91)16-8-6-9-17-48-55(3,41-33-37(108(83,84)85)19-21-42(41)59(48)26-14-30-106(77,78)79)24-11-7-10-18-50(63)57-25-12-4-5-13-29-92-100(65,66)95-102(69,70)97-104(73,74)99-105(75,76)98-103(71,72)96-101(67,68)93-36-45-44(62)35-51(94-45)61-28-23-49(56)58-53(61)64/h6,8-9,16-17,19-23,28,32-34,44-45,51,62H,4-5,7,10-15,18,24-27,29-31,35-36H2,1-3H3,(H13-,56,57,58,63,64,65,66,67,68,69,70,71,72,73,74,75,76,77,78,79,80,81,82,83,84,85,86,87,88,89,90,91)/p+1/t44-,45+,51+,55?/m0/s1. The number of amides is 1. The third-order valence-electron chi connectivity index (χ3n) is 16.8. The number of carbonyl (C=O) groups is 1. The number of nitrogens with zero attached hydrogens (tertiary/aromatic N) is 4. The zero-order valence-corrected chi connectivity index (χ0v) is 67.3. The predicted octanol–water partition coefficient (Wildman–Crippen LogP) is 6.12. The van der Waals surface area contributed by atoms with Crippen LogP contribution in [0.15, 0.2) is 110 Å². The fraction of sp³-hybridized carbons (Fsp3) is 0.491. The summed E-state index contributed by atoms with van der Waals surface area (Å²) in [5, 5.41) is 12.9. The second-order valence-corrected chi connectivity index (χ2v) is 42.2. The van der Waals surface area contributed by atoms with Gasteiger partial charge in [-0.3, -0.25) is 41.2 Å². The molecule has 3 aliphatic heterocycles. The molecule has 0 bridgehead atoms. The largest absolute Gasteiger partial charge is 0.490 e. The maximum Gasteiger partial charge on any atom is 0.490 e. The van der Waals surface area contributed by atoms with Crippen LogP contribution in [0.5, 0.6) is 0 Å². The monoisotopic (exact) mass is 1780 g/mol. The number of unbranched alkanes of at least 4 members (excludes halogenated alkanes) is 5. The van der Waals surface area contributed by atoms with Gasteiger partial charge in [0.15, 0.2) is 5.71 Å². The number of nitrogen functional groups attached to an aromatic ring is 1. The van der Waals surface area contributed by atoms with Gasteiger partial charge in [-0.2, -0.15) is 73.2 Å². The van der Waals surface area contributed by atoms with Crippen LogP contribution in [0.25, 0.3) is 10.8 Å². The van der Waals surface area contributed by atoms with E-state index in [4.69, 9.17) is 10.5 Å². The van der Waals surface area contributed by atoms with Crippen LogP contribution in [0, 0.1) is 0 Å². The lowest BCUT2D eigenvalue weighted by atomic mass is 9.77. The van der Waals surface area contributed by atoms with E-state index < -0.39 is 172 Å². The fourth-order valence-corrected chi connectivity index (χ4v) is 22.9. The van der Waals surface area contributed by atoms with Crippen molar-refractivity contribution in [3.63, 3.8) is 0 Å². The van der Waals surface area contributed by atoms with E-state index in [1.54, 1.807) is 60.6 Å². The first-order chi connectivity index (χ1) is 50.3. The van der Waals surface area contributed by atoms with E-state index >= 15 is 0 Å². The zero-order valence-electron chi connectivity index (χ0n) is 57.8. The van der Waals surface area contributed by atoms with Crippen molar-refractivity contribution in [2.45, 2.75) is 142 Å². The molecular weight excluding hydrogens is 1700 g/mol. The maximum atomic E-state index is 12.9. The number of aliphatic hydroxyl groups is 1. The normalized spacial score (nSPS) is 22.2. The van der Waals surface area contributed by atoms with Crippen LogP contribution in [0.1, 0.15) is 115 Å². The number of aliphatic hydroxyl groups excluding tert-OH is 1. The van der Waals surface area contributed by atoms with Gasteiger partial charge in [0.1, 0.15) is 29.6 Å². The van der Waals surface area contributed by atoms with E-state index in [1.807, 2.05) is 0 Å². The van der Waals surface area contributed by atoms with Crippen molar-refractivity contribution >= 4 is 137 Å².